The van der Waals surface area contributed by atoms with Crippen LogP contribution in [0, 0.1) is 5.92 Å². The third kappa shape index (κ3) is 4.99. The van der Waals surface area contributed by atoms with Gasteiger partial charge in [0.2, 0.25) is 0 Å². The van der Waals surface area contributed by atoms with Crippen LogP contribution in [0.15, 0.2) is 48.5 Å². The molecule has 2 amide bonds. The van der Waals surface area contributed by atoms with Crippen molar-refractivity contribution in [3.8, 4) is 5.75 Å². The summed E-state index contributed by atoms with van der Waals surface area (Å²) in [5, 5.41) is 0.316. The first-order valence-electron chi connectivity index (χ1n) is 7.55. The molecule has 0 bridgehead atoms. The van der Waals surface area contributed by atoms with E-state index in [-0.39, 0.29) is 5.56 Å². The van der Waals surface area contributed by atoms with Crippen LogP contribution in [0.1, 0.15) is 34.6 Å². The highest BCUT2D eigenvalue weighted by atomic mass is 35.5. The minimum Gasteiger partial charge on any atom is -0.493 e. The summed E-state index contributed by atoms with van der Waals surface area (Å²) in [7, 11) is 0. The van der Waals surface area contributed by atoms with Gasteiger partial charge in [-0.3, -0.25) is 20.4 Å². The lowest BCUT2D eigenvalue weighted by atomic mass is 10.2. The van der Waals surface area contributed by atoms with Crippen molar-refractivity contribution in [2.75, 3.05) is 6.61 Å². The number of ether oxygens (including phenoxy) is 1. The molecule has 0 spiro atoms. The summed E-state index contributed by atoms with van der Waals surface area (Å²) in [6.07, 6.45) is 0. The van der Waals surface area contributed by atoms with Gasteiger partial charge >= 0.3 is 0 Å². The average Bonchev–Trinajstić information content (AvgIpc) is 2.58. The highest BCUT2D eigenvalue weighted by molar-refractivity contribution is 6.33. The number of halogens is 1. The highest BCUT2D eigenvalue weighted by Crippen LogP contribution is 2.15. The zero-order chi connectivity index (χ0) is 17.5. The van der Waals surface area contributed by atoms with Crippen LogP contribution in [0.4, 0.5) is 0 Å². The molecular weight excluding hydrogens is 328 g/mol. The van der Waals surface area contributed by atoms with E-state index in [1.165, 1.54) is 0 Å². The third-order valence-corrected chi connectivity index (χ3v) is 3.44. The molecule has 2 aromatic carbocycles. The number of carbonyl (C=O) groups is 2. The molecule has 0 aliphatic heterocycles. The van der Waals surface area contributed by atoms with Crippen molar-refractivity contribution in [2.24, 2.45) is 5.92 Å². The van der Waals surface area contributed by atoms with Crippen LogP contribution >= 0.6 is 11.6 Å². The van der Waals surface area contributed by atoms with Crippen LogP contribution < -0.4 is 15.6 Å². The first-order valence-corrected chi connectivity index (χ1v) is 7.93. The Labute approximate surface area is 145 Å². The Morgan fingerprint density at radius 1 is 1.00 bits per heavy atom. The Hall–Kier alpha value is -2.53. The zero-order valence-electron chi connectivity index (χ0n) is 13.5. The van der Waals surface area contributed by atoms with E-state index in [0.717, 1.165) is 0 Å². The Bertz CT molecular complexity index is 714. The second kappa shape index (κ2) is 8.36. The summed E-state index contributed by atoms with van der Waals surface area (Å²) in [6, 6.07) is 13.3. The maximum Gasteiger partial charge on any atom is 0.271 e. The summed E-state index contributed by atoms with van der Waals surface area (Å²) in [5.41, 5.74) is 5.39. The number of benzene rings is 2. The van der Waals surface area contributed by atoms with Crippen molar-refractivity contribution in [1.82, 2.24) is 10.9 Å². The highest BCUT2D eigenvalue weighted by Gasteiger charge is 2.11. The third-order valence-electron chi connectivity index (χ3n) is 3.11. The lowest BCUT2D eigenvalue weighted by Crippen LogP contribution is -2.41. The number of hydrogen-bond donors (Lipinski definition) is 2. The topological polar surface area (TPSA) is 67.4 Å². The molecule has 2 rings (SSSR count). The number of nitrogens with one attached hydrogen (secondary N) is 2. The van der Waals surface area contributed by atoms with Gasteiger partial charge in [0, 0.05) is 5.56 Å². The molecule has 2 aromatic rings. The number of carbonyl (C=O) groups excluding carboxylic acids is 2. The molecule has 126 valence electrons. The Balaban J connectivity index is 1.90. The first-order chi connectivity index (χ1) is 11.5. The Morgan fingerprint density at radius 3 is 2.25 bits per heavy atom. The SMILES string of the molecule is CC(C)COc1ccc(C(=O)NNC(=O)c2ccccc2Cl)cc1. The van der Waals surface area contributed by atoms with E-state index in [1.54, 1.807) is 48.5 Å². The van der Waals surface area contributed by atoms with E-state index in [0.29, 0.717) is 28.9 Å². The molecule has 0 aromatic heterocycles. The minimum atomic E-state index is -0.481. The molecule has 0 aliphatic carbocycles. The largest absolute Gasteiger partial charge is 0.493 e. The van der Waals surface area contributed by atoms with Gasteiger partial charge in [-0.15, -0.1) is 0 Å². The van der Waals surface area contributed by atoms with Gasteiger partial charge in [0.25, 0.3) is 11.8 Å². The van der Waals surface area contributed by atoms with E-state index < -0.39 is 11.8 Å². The minimum absolute atomic E-state index is 0.289. The van der Waals surface area contributed by atoms with Gasteiger partial charge in [-0.2, -0.15) is 0 Å². The molecule has 24 heavy (non-hydrogen) atoms. The molecule has 0 radical (unpaired) electrons. The van der Waals surface area contributed by atoms with Crippen LogP contribution in [0.2, 0.25) is 5.02 Å². The lowest BCUT2D eigenvalue weighted by Gasteiger charge is -2.10. The van der Waals surface area contributed by atoms with Crippen molar-refractivity contribution in [3.63, 3.8) is 0 Å². The van der Waals surface area contributed by atoms with Crippen molar-refractivity contribution in [1.29, 1.82) is 0 Å². The molecule has 0 heterocycles. The number of hydrazine groups is 1. The van der Waals surface area contributed by atoms with E-state index in [9.17, 15) is 9.59 Å². The molecule has 6 heteroatoms. The number of hydrogen-bond acceptors (Lipinski definition) is 3. The Morgan fingerprint density at radius 2 is 1.62 bits per heavy atom. The Kier molecular flexibility index (Phi) is 6.21. The second-order valence-corrected chi connectivity index (χ2v) is 6.02. The molecule has 0 saturated carbocycles. The molecule has 0 fully saturated rings. The number of rotatable bonds is 5. The van der Waals surface area contributed by atoms with Gasteiger partial charge in [0.05, 0.1) is 17.2 Å². The predicted octanol–water partition coefficient (Wildman–Crippen LogP) is 3.45. The van der Waals surface area contributed by atoms with Crippen molar-refractivity contribution < 1.29 is 14.3 Å². The predicted molar refractivity (Wildman–Crippen MR) is 93.2 cm³/mol. The van der Waals surface area contributed by atoms with Gasteiger partial charge < -0.3 is 4.74 Å². The second-order valence-electron chi connectivity index (χ2n) is 5.62. The van der Waals surface area contributed by atoms with E-state index in [4.69, 9.17) is 16.3 Å². The van der Waals surface area contributed by atoms with Crippen LogP contribution in [0.5, 0.6) is 5.75 Å². The van der Waals surface area contributed by atoms with Gasteiger partial charge in [-0.25, -0.2) is 0 Å². The van der Waals surface area contributed by atoms with Gasteiger partial charge in [0.1, 0.15) is 5.75 Å². The molecule has 0 unspecified atom stereocenters. The average molecular weight is 347 g/mol. The van der Waals surface area contributed by atoms with E-state index in [2.05, 4.69) is 24.7 Å². The fourth-order valence-electron chi connectivity index (χ4n) is 1.86. The van der Waals surface area contributed by atoms with Crippen LogP contribution in [-0.4, -0.2) is 18.4 Å². The van der Waals surface area contributed by atoms with E-state index in [1.807, 2.05) is 0 Å². The summed E-state index contributed by atoms with van der Waals surface area (Å²) < 4.78 is 5.56. The fourth-order valence-corrected chi connectivity index (χ4v) is 2.09. The standard InChI is InChI=1S/C18H19ClN2O3/c1-12(2)11-24-14-9-7-13(8-10-14)17(22)20-21-18(23)15-5-3-4-6-16(15)19/h3-10,12H,11H2,1-2H3,(H,20,22)(H,21,23). The molecule has 0 saturated heterocycles. The monoisotopic (exact) mass is 346 g/mol. The van der Waals surface area contributed by atoms with Crippen molar-refractivity contribution in [3.05, 3.63) is 64.7 Å². The molecule has 0 aliphatic rings. The zero-order valence-corrected chi connectivity index (χ0v) is 14.3. The van der Waals surface area contributed by atoms with Gasteiger partial charge in [-0.1, -0.05) is 37.6 Å². The van der Waals surface area contributed by atoms with Crippen molar-refractivity contribution >= 4 is 23.4 Å². The molecule has 5 nitrogen and oxygen atoms in total. The fraction of sp³-hybridized carbons (Fsp3) is 0.222. The van der Waals surface area contributed by atoms with Crippen molar-refractivity contribution in [2.45, 2.75) is 13.8 Å². The number of amides is 2. The normalized spacial score (nSPS) is 10.3. The van der Waals surface area contributed by atoms with E-state index >= 15 is 0 Å². The first kappa shape index (κ1) is 17.8. The lowest BCUT2D eigenvalue weighted by molar-refractivity contribution is 0.0846. The van der Waals surface area contributed by atoms with Crippen LogP contribution in [0.3, 0.4) is 0 Å². The molecule has 0 atom stereocenters. The van der Waals surface area contributed by atoms with Gasteiger partial charge in [0.15, 0.2) is 0 Å². The quantitative estimate of drug-likeness (QED) is 0.815. The van der Waals surface area contributed by atoms with Crippen LogP contribution in [0.25, 0.3) is 0 Å². The summed E-state index contributed by atoms with van der Waals surface area (Å²) >= 11 is 5.93. The smallest absolute Gasteiger partial charge is 0.271 e. The maximum atomic E-state index is 12.0. The summed E-state index contributed by atoms with van der Waals surface area (Å²) in [6.45, 7) is 4.73. The molecular formula is C18H19ClN2O3. The maximum absolute atomic E-state index is 12.0. The van der Waals surface area contributed by atoms with Gasteiger partial charge in [-0.05, 0) is 42.3 Å². The van der Waals surface area contributed by atoms with Crippen LogP contribution in [-0.2, 0) is 0 Å². The molecule has 2 N–H and O–H groups in total. The summed E-state index contributed by atoms with van der Waals surface area (Å²) in [5.74, 6) is 0.213. The summed E-state index contributed by atoms with van der Waals surface area (Å²) in [4.78, 5) is 24.0.